The Morgan fingerprint density at radius 3 is 2.62 bits per heavy atom. The van der Waals surface area contributed by atoms with E-state index in [2.05, 4.69) is 12.2 Å². The fourth-order valence-electron chi connectivity index (χ4n) is 0.979. The van der Waals surface area contributed by atoms with E-state index in [1.807, 2.05) is 0 Å². The van der Waals surface area contributed by atoms with Gasteiger partial charge in [0, 0.05) is 6.54 Å². The van der Waals surface area contributed by atoms with Crippen molar-refractivity contribution in [2.75, 3.05) is 6.54 Å². The quantitative estimate of drug-likeness (QED) is 0.490. The molecule has 4 heteroatoms. The van der Waals surface area contributed by atoms with Gasteiger partial charge in [-0.15, -0.1) is 0 Å². The fraction of sp³-hybridized carbons (Fsp3) is 0.778. The Bertz CT molecular complexity index is 171. The van der Waals surface area contributed by atoms with Gasteiger partial charge in [0.15, 0.2) is 0 Å². The maximum absolute atomic E-state index is 10.2. The molecule has 76 valence electrons. The van der Waals surface area contributed by atoms with Crippen LogP contribution in [-0.2, 0) is 4.79 Å². The normalized spacial score (nSPS) is 9.62. The number of aliphatic carboxylic acids is 1. The standard InChI is InChI=1S/C9H17NO2S/c1-2-3-4-5-6-10-8(13)7-9(11)12/h2-7H2,1H3,(H,10,13)(H,11,12). The number of carbonyl (C=O) groups is 1. The average molecular weight is 203 g/mol. The Morgan fingerprint density at radius 1 is 1.38 bits per heavy atom. The zero-order chi connectivity index (χ0) is 10.1. The van der Waals surface area contributed by atoms with Crippen molar-refractivity contribution < 1.29 is 9.90 Å². The molecule has 0 heterocycles. The fourth-order valence-corrected chi connectivity index (χ4v) is 1.20. The number of carboxylic acid groups (broad SMARTS) is 1. The van der Waals surface area contributed by atoms with Crippen LogP contribution >= 0.6 is 12.2 Å². The van der Waals surface area contributed by atoms with Gasteiger partial charge in [-0.2, -0.15) is 0 Å². The summed E-state index contributed by atoms with van der Waals surface area (Å²) < 4.78 is 0. The zero-order valence-electron chi connectivity index (χ0n) is 8.01. The van der Waals surface area contributed by atoms with Crippen molar-refractivity contribution >= 4 is 23.2 Å². The van der Waals surface area contributed by atoms with Crippen LogP contribution < -0.4 is 5.32 Å². The molecular formula is C9H17NO2S. The lowest BCUT2D eigenvalue weighted by Crippen LogP contribution is -2.24. The number of nitrogens with one attached hydrogen (secondary N) is 1. The third kappa shape index (κ3) is 9.27. The minimum Gasteiger partial charge on any atom is -0.481 e. The van der Waals surface area contributed by atoms with Crippen LogP contribution in [-0.4, -0.2) is 22.6 Å². The molecule has 0 rings (SSSR count). The molecule has 0 saturated heterocycles. The van der Waals surface area contributed by atoms with Crippen LogP contribution in [0.25, 0.3) is 0 Å². The van der Waals surface area contributed by atoms with Crippen molar-refractivity contribution in [2.45, 2.75) is 39.0 Å². The number of hydrogen-bond acceptors (Lipinski definition) is 2. The first-order valence-electron chi connectivity index (χ1n) is 4.65. The zero-order valence-corrected chi connectivity index (χ0v) is 8.82. The summed E-state index contributed by atoms with van der Waals surface area (Å²) in [6.07, 6.45) is 4.63. The topological polar surface area (TPSA) is 49.3 Å². The summed E-state index contributed by atoms with van der Waals surface area (Å²) in [5, 5.41) is 11.3. The molecule has 0 bridgehead atoms. The monoisotopic (exact) mass is 203 g/mol. The van der Waals surface area contributed by atoms with Gasteiger partial charge in [0.1, 0.15) is 0 Å². The molecule has 0 aromatic heterocycles. The highest BCUT2D eigenvalue weighted by Gasteiger charge is 2.01. The van der Waals surface area contributed by atoms with E-state index in [0.29, 0.717) is 4.99 Å². The highest BCUT2D eigenvalue weighted by atomic mass is 32.1. The van der Waals surface area contributed by atoms with Crippen LogP contribution in [0.4, 0.5) is 0 Å². The predicted octanol–water partition coefficient (Wildman–Crippen LogP) is 1.96. The first kappa shape index (κ1) is 12.4. The number of unbranched alkanes of at least 4 members (excludes halogenated alkanes) is 3. The molecule has 0 radical (unpaired) electrons. The molecule has 0 amide bonds. The first-order valence-corrected chi connectivity index (χ1v) is 5.06. The molecule has 2 N–H and O–H groups in total. The number of rotatable bonds is 7. The van der Waals surface area contributed by atoms with Crippen molar-refractivity contribution in [1.29, 1.82) is 0 Å². The lowest BCUT2D eigenvalue weighted by molar-refractivity contribution is -0.135. The second-order valence-corrected chi connectivity index (χ2v) is 3.47. The van der Waals surface area contributed by atoms with Gasteiger partial charge >= 0.3 is 5.97 Å². The first-order chi connectivity index (χ1) is 6.16. The SMILES string of the molecule is CCCCCCNC(=S)CC(=O)O. The molecular weight excluding hydrogens is 186 g/mol. The maximum atomic E-state index is 10.2. The van der Waals surface area contributed by atoms with E-state index >= 15 is 0 Å². The van der Waals surface area contributed by atoms with Crippen molar-refractivity contribution in [3.63, 3.8) is 0 Å². The minimum absolute atomic E-state index is 0.0525. The average Bonchev–Trinajstić information content (AvgIpc) is 2.02. The third-order valence-electron chi connectivity index (χ3n) is 1.66. The van der Waals surface area contributed by atoms with Crippen molar-refractivity contribution in [3.05, 3.63) is 0 Å². The molecule has 0 aliphatic heterocycles. The van der Waals surface area contributed by atoms with E-state index in [1.54, 1.807) is 0 Å². The van der Waals surface area contributed by atoms with Crippen LogP contribution in [0.5, 0.6) is 0 Å². The number of carboxylic acids is 1. The maximum Gasteiger partial charge on any atom is 0.310 e. The Hall–Kier alpha value is -0.640. The second kappa shape index (κ2) is 7.98. The largest absolute Gasteiger partial charge is 0.481 e. The van der Waals surface area contributed by atoms with Gasteiger partial charge in [0.05, 0.1) is 11.4 Å². The molecule has 0 spiro atoms. The lowest BCUT2D eigenvalue weighted by Gasteiger charge is -2.04. The van der Waals surface area contributed by atoms with Gasteiger partial charge in [-0.3, -0.25) is 4.79 Å². The van der Waals surface area contributed by atoms with Gasteiger partial charge in [0.2, 0.25) is 0 Å². The molecule has 0 aliphatic rings. The molecule has 0 atom stereocenters. The molecule has 0 aliphatic carbocycles. The van der Waals surface area contributed by atoms with Gasteiger partial charge in [0.25, 0.3) is 0 Å². The van der Waals surface area contributed by atoms with E-state index in [1.165, 1.54) is 19.3 Å². The minimum atomic E-state index is -0.869. The van der Waals surface area contributed by atoms with Crippen LogP contribution in [0.3, 0.4) is 0 Å². The molecule has 0 aromatic carbocycles. The Morgan fingerprint density at radius 2 is 2.08 bits per heavy atom. The van der Waals surface area contributed by atoms with Crippen LogP contribution in [0.1, 0.15) is 39.0 Å². The lowest BCUT2D eigenvalue weighted by atomic mass is 10.2. The smallest absolute Gasteiger partial charge is 0.310 e. The van der Waals surface area contributed by atoms with Crippen molar-refractivity contribution in [1.82, 2.24) is 5.32 Å². The Labute approximate surface area is 84.5 Å². The second-order valence-electron chi connectivity index (χ2n) is 2.98. The molecule has 13 heavy (non-hydrogen) atoms. The summed E-state index contributed by atoms with van der Waals surface area (Å²) in [5.74, 6) is -0.869. The third-order valence-corrected chi connectivity index (χ3v) is 1.95. The highest BCUT2D eigenvalue weighted by Crippen LogP contribution is 1.97. The predicted molar refractivity (Wildman–Crippen MR) is 57.0 cm³/mol. The van der Waals surface area contributed by atoms with Gasteiger partial charge in [-0.1, -0.05) is 38.4 Å². The Balaban J connectivity index is 3.22. The highest BCUT2D eigenvalue weighted by molar-refractivity contribution is 7.80. The van der Waals surface area contributed by atoms with E-state index in [0.717, 1.165) is 13.0 Å². The molecule has 0 unspecified atom stereocenters. The van der Waals surface area contributed by atoms with Gasteiger partial charge < -0.3 is 10.4 Å². The molecule has 0 saturated carbocycles. The number of hydrogen-bond donors (Lipinski definition) is 2. The van der Waals surface area contributed by atoms with Crippen LogP contribution in [0.2, 0.25) is 0 Å². The van der Waals surface area contributed by atoms with Gasteiger partial charge in [-0.05, 0) is 6.42 Å². The van der Waals surface area contributed by atoms with Gasteiger partial charge in [-0.25, -0.2) is 0 Å². The summed E-state index contributed by atoms with van der Waals surface area (Å²) in [6.45, 7) is 2.95. The van der Waals surface area contributed by atoms with E-state index < -0.39 is 5.97 Å². The molecule has 3 nitrogen and oxygen atoms in total. The summed E-state index contributed by atoms with van der Waals surface area (Å²) in [7, 11) is 0. The van der Waals surface area contributed by atoms with Crippen LogP contribution in [0.15, 0.2) is 0 Å². The van der Waals surface area contributed by atoms with E-state index in [9.17, 15) is 4.79 Å². The van der Waals surface area contributed by atoms with Crippen molar-refractivity contribution in [2.24, 2.45) is 0 Å². The summed E-state index contributed by atoms with van der Waals surface area (Å²) in [4.78, 5) is 10.7. The van der Waals surface area contributed by atoms with Crippen LogP contribution in [0, 0.1) is 0 Å². The summed E-state index contributed by atoms with van der Waals surface area (Å²) in [5.41, 5.74) is 0. The molecule has 0 aromatic rings. The summed E-state index contributed by atoms with van der Waals surface area (Å²) >= 11 is 4.82. The van der Waals surface area contributed by atoms with E-state index in [4.69, 9.17) is 17.3 Å². The Kier molecular flexibility index (Phi) is 7.59. The van der Waals surface area contributed by atoms with Crippen molar-refractivity contribution in [3.8, 4) is 0 Å². The number of thiocarbonyl (C=S) groups is 1. The summed E-state index contributed by atoms with van der Waals surface area (Å²) in [6, 6.07) is 0. The molecule has 0 fully saturated rings. The van der Waals surface area contributed by atoms with E-state index in [-0.39, 0.29) is 6.42 Å².